The highest BCUT2D eigenvalue weighted by atomic mass is 16.5. The van der Waals surface area contributed by atoms with E-state index in [1.165, 1.54) is 6.20 Å². The summed E-state index contributed by atoms with van der Waals surface area (Å²) in [6, 6.07) is 2.15. The molecule has 2 rings (SSSR count). The summed E-state index contributed by atoms with van der Waals surface area (Å²) in [6.07, 6.45) is 1.52. The fourth-order valence-electron chi connectivity index (χ4n) is 2.59. The van der Waals surface area contributed by atoms with Crippen molar-refractivity contribution in [3.8, 4) is 6.07 Å². The van der Waals surface area contributed by atoms with E-state index in [0.29, 0.717) is 23.4 Å². The number of esters is 1. The minimum atomic E-state index is -0.360. The van der Waals surface area contributed by atoms with Crippen LogP contribution in [0.3, 0.4) is 0 Å². The van der Waals surface area contributed by atoms with Crippen molar-refractivity contribution < 1.29 is 9.53 Å². The Labute approximate surface area is 123 Å². The second kappa shape index (κ2) is 5.44. The highest BCUT2D eigenvalue weighted by molar-refractivity contribution is 5.98. The zero-order chi connectivity index (χ0) is 15.7. The van der Waals surface area contributed by atoms with Gasteiger partial charge in [-0.15, -0.1) is 0 Å². The van der Waals surface area contributed by atoms with Gasteiger partial charge in [-0.3, -0.25) is 0 Å². The molecule has 0 aliphatic heterocycles. The first-order valence-corrected chi connectivity index (χ1v) is 6.69. The molecule has 6 heteroatoms. The van der Waals surface area contributed by atoms with Crippen LogP contribution >= 0.6 is 0 Å². The number of hydrogen-bond donors (Lipinski definition) is 0. The van der Waals surface area contributed by atoms with E-state index in [1.54, 1.807) is 11.4 Å². The lowest BCUT2D eigenvalue weighted by atomic mass is 10.1. The van der Waals surface area contributed by atoms with Crippen LogP contribution in [0.25, 0.3) is 5.52 Å². The first kappa shape index (κ1) is 14.9. The Morgan fingerprint density at radius 2 is 2.14 bits per heavy atom. The van der Waals surface area contributed by atoms with Crippen LogP contribution in [0.5, 0.6) is 0 Å². The number of anilines is 1. The molecular weight excluding hydrogens is 268 g/mol. The standard InChI is InChI=1S/C15H18N4O2/c1-6-21-15(20)12-9(2)13-14(18(4)5)11(7-16)8-17-19(13)10(12)3/h8H,6H2,1-5H3. The number of aromatic nitrogens is 2. The van der Waals surface area contributed by atoms with E-state index in [2.05, 4.69) is 11.2 Å². The average molecular weight is 286 g/mol. The molecule has 6 nitrogen and oxygen atoms in total. The zero-order valence-corrected chi connectivity index (χ0v) is 12.9. The largest absolute Gasteiger partial charge is 0.462 e. The molecule has 0 aliphatic carbocycles. The van der Waals surface area contributed by atoms with Gasteiger partial charge in [-0.05, 0) is 26.3 Å². The maximum Gasteiger partial charge on any atom is 0.340 e. The van der Waals surface area contributed by atoms with Crippen LogP contribution in [0.15, 0.2) is 6.20 Å². The number of ether oxygens (including phenoxy) is 1. The third-order valence-electron chi connectivity index (χ3n) is 3.45. The third kappa shape index (κ3) is 2.21. The number of carbonyl (C=O) groups is 1. The van der Waals surface area contributed by atoms with Crippen molar-refractivity contribution in [2.75, 3.05) is 25.6 Å². The predicted octanol–water partition coefficient (Wildman–Crippen LogP) is 2.07. The summed E-state index contributed by atoms with van der Waals surface area (Å²) in [5.41, 5.74) is 4.00. The minimum absolute atomic E-state index is 0.321. The highest BCUT2D eigenvalue weighted by Crippen LogP contribution is 2.31. The topological polar surface area (TPSA) is 70.6 Å². The van der Waals surface area contributed by atoms with Gasteiger partial charge in [0.1, 0.15) is 6.07 Å². The minimum Gasteiger partial charge on any atom is -0.462 e. The maximum absolute atomic E-state index is 12.1. The van der Waals surface area contributed by atoms with E-state index >= 15 is 0 Å². The van der Waals surface area contributed by atoms with E-state index in [0.717, 1.165) is 16.8 Å². The van der Waals surface area contributed by atoms with Crippen LogP contribution in [0, 0.1) is 25.2 Å². The Bertz CT molecular complexity index is 753. The van der Waals surface area contributed by atoms with Gasteiger partial charge in [0.2, 0.25) is 0 Å². The molecule has 0 spiro atoms. The fourth-order valence-corrected chi connectivity index (χ4v) is 2.59. The van der Waals surface area contributed by atoms with E-state index in [9.17, 15) is 10.1 Å². The summed E-state index contributed by atoms with van der Waals surface area (Å²) in [5, 5.41) is 13.5. The molecule has 0 unspecified atom stereocenters. The van der Waals surface area contributed by atoms with Gasteiger partial charge >= 0.3 is 5.97 Å². The van der Waals surface area contributed by atoms with Gasteiger partial charge in [0, 0.05) is 14.1 Å². The van der Waals surface area contributed by atoms with Crippen molar-refractivity contribution in [3.63, 3.8) is 0 Å². The predicted molar refractivity (Wildman–Crippen MR) is 79.7 cm³/mol. The van der Waals surface area contributed by atoms with Gasteiger partial charge in [-0.25, -0.2) is 9.31 Å². The third-order valence-corrected chi connectivity index (χ3v) is 3.45. The van der Waals surface area contributed by atoms with Crippen LogP contribution in [-0.4, -0.2) is 36.3 Å². The SMILES string of the molecule is CCOC(=O)c1c(C)c2c(N(C)C)c(C#N)cnn2c1C. The maximum atomic E-state index is 12.1. The molecule has 0 aliphatic rings. The Hall–Kier alpha value is -2.55. The lowest BCUT2D eigenvalue weighted by Crippen LogP contribution is -2.13. The van der Waals surface area contributed by atoms with Gasteiger partial charge in [0.15, 0.2) is 0 Å². The van der Waals surface area contributed by atoms with Gasteiger partial charge in [0.05, 0.1) is 40.8 Å². The molecule has 0 saturated heterocycles. The van der Waals surface area contributed by atoms with Gasteiger partial charge in [-0.1, -0.05) is 0 Å². The normalized spacial score (nSPS) is 10.5. The van der Waals surface area contributed by atoms with E-state index in [1.807, 2.05) is 32.8 Å². The monoisotopic (exact) mass is 286 g/mol. The van der Waals surface area contributed by atoms with Crippen LogP contribution in [0.4, 0.5) is 5.69 Å². The Balaban J connectivity index is 2.87. The number of fused-ring (bicyclic) bond motifs is 1. The fraction of sp³-hybridized carbons (Fsp3) is 0.400. The molecule has 0 amide bonds. The smallest absolute Gasteiger partial charge is 0.340 e. The number of rotatable bonds is 3. The summed E-state index contributed by atoms with van der Waals surface area (Å²) in [5.74, 6) is -0.360. The number of nitriles is 1. The second-order valence-corrected chi connectivity index (χ2v) is 4.98. The molecule has 21 heavy (non-hydrogen) atoms. The van der Waals surface area contributed by atoms with Crippen molar-refractivity contribution in [2.24, 2.45) is 0 Å². The van der Waals surface area contributed by atoms with E-state index < -0.39 is 0 Å². The summed E-state index contributed by atoms with van der Waals surface area (Å²) < 4.78 is 6.81. The van der Waals surface area contributed by atoms with E-state index in [4.69, 9.17) is 4.74 Å². The molecule has 110 valence electrons. The van der Waals surface area contributed by atoms with Crippen molar-refractivity contribution in [1.82, 2.24) is 9.61 Å². The second-order valence-electron chi connectivity index (χ2n) is 4.98. The zero-order valence-electron chi connectivity index (χ0n) is 12.9. The number of carbonyl (C=O) groups excluding carboxylic acids is 1. The summed E-state index contributed by atoms with van der Waals surface area (Å²) in [6.45, 7) is 5.77. The van der Waals surface area contributed by atoms with Crippen LogP contribution < -0.4 is 4.90 Å². The van der Waals surface area contributed by atoms with Gasteiger partial charge in [-0.2, -0.15) is 10.4 Å². The molecule has 0 radical (unpaired) electrons. The van der Waals surface area contributed by atoms with Crippen LogP contribution in [-0.2, 0) is 4.74 Å². The number of aryl methyl sites for hydroxylation is 2. The molecule has 0 fully saturated rings. The molecule has 2 aromatic heterocycles. The van der Waals surface area contributed by atoms with E-state index in [-0.39, 0.29) is 5.97 Å². The molecule has 2 heterocycles. The Morgan fingerprint density at radius 3 is 2.67 bits per heavy atom. The van der Waals surface area contributed by atoms with Crippen molar-refractivity contribution >= 4 is 17.2 Å². The number of nitrogens with zero attached hydrogens (tertiary/aromatic N) is 4. The average Bonchev–Trinajstić information content (AvgIpc) is 2.69. The van der Waals surface area contributed by atoms with Crippen molar-refractivity contribution in [3.05, 3.63) is 28.6 Å². The van der Waals surface area contributed by atoms with Crippen molar-refractivity contribution in [2.45, 2.75) is 20.8 Å². The molecule has 0 aromatic carbocycles. The quantitative estimate of drug-likeness (QED) is 0.808. The summed E-state index contributed by atoms with van der Waals surface area (Å²) in [4.78, 5) is 14.0. The van der Waals surface area contributed by atoms with Crippen molar-refractivity contribution in [1.29, 1.82) is 5.26 Å². The van der Waals surface area contributed by atoms with Crippen LogP contribution in [0.1, 0.15) is 34.1 Å². The summed E-state index contributed by atoms with van der Waals surface area (Å²) >= 11 is 0. The molecule has 2 aromatic rings. The Morgan fingerprint density at radius 1 is 1.48 bits per heavy atom. The lowest BCUT2D eigenvalue weighted by Gasteiger charge is -2.16. The first-order chi connectivity index (χ1) is 9.93. The molecular formula is C15H18N4O2. The molecule has 0 saturated carbocycles. The van der Waals surface area contributed by atoms with Gasteiger partial charge < -0.3 is 9.64 Å². The Kier molecular flexibility index (Phi) is 3.85. The summed E-state index contributed by atoms with van der Waals surface area (Å²) in [7, 11) is 3.73. The number of hydrogen-bond acceptors (Lipinski definition) is 5. The van der Waals surface area contributed by atoms with Gasteiger partial charge in [0.25, 0.3) is 0 Å². The first-order valence-electron chi connectivity index (χ1n) is 6.69. The lowest BCUT2D eigenvalue weighted by molar-refractivity contribution is 0.0525. The molecule has 0 N–H and O–H groups in total. The molecule has 0 atom stereocenters. The van der Waals surface area contributed by atoms with Crippen LogP contribution in [0.2, 0.25) is 0 Å². The molecule has 0 bridgehead atoms. The highest BCUT2D eigenvalue weighted by Gasteiger charge is 2.24.